The lowest BCUT2D eigenvalue weighted by Gasteiger charge is -2.14. The van der Waals surface area contributed by atoms with Crippen LogP contribution in [-0.4, -0.2) is 29.2 Å². The summed E-state index contributed by atoms with van der Waals surface area (Å²) in [7, 11) is -0.967. The molecule has 1 rings (SSSR count). The summed E-state index contributed by atoms with van der Waals surface area (Å²) in [6, 6.07) is 6.06. The number of hydrogen-bond donors (Lipinski definition) is 1. The number of nitrogens with two attached hydrogens (primary N) is 1. The van der Waals surface area contributed by atoms with Crippen LogP contribution in [0.5, 0.6) is 0 Å². The summed E-state index contributed by atoms with van der Waals surface area (Å²) >= 11 is 0. The molecule has 0 saturated carbocycles. The lowest BCUT2D eigenvalue weighted by Crippen LogP contribution is -2.25. The third kappa shape index (κ3) is 4.52. The van der Waals surface area contributed by atoms with Gasteiger partial charge in [0.05, 0.1) is 16.9 Å². The van der Waals surface area contributed by atoms with Crippen LogP contribution < -0.4 is 5.73 Å². The SMILES string of the molecule is CCOC(CN)CCS(=O)c1cc(C)ccc1C. The van der Waals surface area contributed by atoms with Crippen LogP contribution >= 0.6 is 0 Å². The average Bonchev–Trinajstić information content (AvgIpc) is 2.37. The maximum atomic E-state index is 12.3. The van der Waals surface area contributed by atoms with E-state index in [4.69, 9.17) is 10.5 Å². The molecule has 0 heterocycles. The van der Waals surface area contributed by atoms with Gasteiger partial charge in [-0.1, -0.05) is 12.1 Å². The Morgan fingerprint density at radius 1 is 1.39 bits per heavy atom. The van der Waals surface area contributed by atoms with Crippen molar-refractivity contribution in [1.29, 1.82) is 0 Å². The average molecular weight is 269 g/mol. The van der Waals surface area contributed by atoms with E-state index in [-0.39, 0.29) is 6.10 Å². The quantitative estimate of drug-likeness (QED) is 0.825. The second kappa shape index (κ2) is 7.67. The predicted octanol–water partition coefficient (Wildman–Crippen LogP) is 2.16. The second-order valence-corrected chi connectivity index (χ2v) is 5.96. The van der Waals surface area contributed by atoms with Gasteiger partial charge in [-0.15, -0.1) is 0 Å². The number of aryl methyl sites for hydroxylation is 2. The van der Waals surface area contributed by atoms with Crippen LogP contribution in [0.2, 0.25) is 0 Å². The zero-order valence-electron chi connectivity index (χ0n) is 11.4. The summed E-state index contributed by atoms with van der Waals surface area (Å²) in [5, 5.41) is 0. The van der Waals surface area contributed by atoms with Crippen molar-refractivity contribution in [3.05, 3.63) is 29.3 Å². The molecule has 4 heteroatoms. The van der Waals surface area contributed by atoms with E-state index in [9.17, 15) is 4.21 Å². The monoisotopic (exact) mass is 269 g/mol. The van der Waals surface area contributed by atoms with Crippen molar-refractivity contribution in [2.45, 2.75) is 38.2 Å². The Morgan fingerprint density at radius 3 is 2.72 bits per heavy atom. The number of benzene rings is 1. The van der Waals surface area contributed by atoms with Gasteiger partial charge in [0.2, 0.25) is 0 Å². The second-order valence-electron chi connectivity index (χ2n) is 4.42. The van der Waals surface area contributed by atoms with Gasteiger partial charge in [-0.2, -0.15) is 0 Å². The van der Waals surface area contributed by atoms with Crippen molar-refractivity contribution < 1.29 is 8.95 Å². The van der Waals surface area contributed by atoms with E-state index in [0.29, 0.717) is 18.9 Å². The standard InChI is InChI=1S/C14H23NO2S/c1-4-17-13(10-15)7-8-18(16)14-9-11(2)5-6-12(14)3/h5-6,9,13H,4,7-8,10,15H2,1-3H3. The molecule has 1 aromatic rings. The highest BCUT2D eigenvalue weighted by Crippen LogP contribution is 2.16. The van der Waals surface area contributed by atoms with E-state index in [1.165, 1.54) is 0 Å². The maximum Gasteiger partial charge on any atom is 0.0706 e. The molecule has 0 saturated heterocycles. The van der Waals surface area contributed by atoms with Crippen LogP contribution in [0, 0.1) is 13.8 Å². The lowest BCUT2D eigenvalue weighted by molar-refractivity contribution is 0.0672. The fourth-order valence-electron chi connectivity index (χ4n) is 1.81. The molecule has 0 spiro atoms. The van der Waals surface area contributed by atoms with Crippen molar-refractivity contribution in [1.82, 2.24) is 0 Å². The van der Waals surface area contributed by atoms with Gasteiger partial charge in [-0.3, -0.25) is 4.21 Å². The highest BCUT2D eigenvalue weighted by atomic mass is 32.2. The van der Waals surface area contributed by atoms with Gasteiger partial charge in [-0.05, 0) is 44.4 Å². The van der Waals surface area contributed by atoms with Crippen LogP contribution in [0.25, 0.3) is 0 Å². The third-order valence-electron chi connectivity index (χ3n) is 2.88. The normalized spacial score (nSPS) is 14.4. The Bertz CT molecular complexity index is 407. The summed E-state index contributed by atoms with van der Waals surface area (Å²) < 4.78 is 17.7. The summed E-state index contributed by atoms with van der Waals surface area (Å²) in [5.74, 6) is 0.603. The lowest BCUT2D eigenvalue weighted by atomic mass is 10.2. The highest BCUT2D eigenvalue weighted by Gasteiger charge is 2.12. The van der Waals surface area contributed by atoms with Gasteiger partial charge in [0.15, 0.2) is 0 Å². The Morgan fingerprint density at radius 2 is 2.11 bits per heavy atom. The molecule has 0 amide bonds. The number of ether oxygens (including phenoxy) is 1. The van der Waals surface area contributed by atoms with Crippen molar-refractivity contribution >= 4 is 10.8 Å². The van der Waals surface area contributed by atoms with Crippen LogP contribution in [-0.2, 0) is 15.5 Å². The minimum absolute atomic E-state index is 0.0177. The molecule has 0 aliphatic rings. The third-order valence-corrected chi connectivity index (χ3v) is 4.42. The van der Waals surface area contributed by atoms with Gasteiger partial charge in [0.1, 0.15) is 0 Å². The number of hydrogen-bond acceptors (Lipinski definition) is 3. The Hall–Kier alpha value is -0.710. The first-order chi connectivity index (χ1) is 8.58. The van der Waals surface area contributed by atoms with Crippen molar-refractivity contribution in [3.8, 4) is 0 Å². The van der Waals surface area contributed by atoms with Gasteiger partial charge in [0.25, 0.3) is 0 Å². The zero-order valence-corrected chi connectivity index (χ0v) is 12.3. The molecule has 0 aromatic heterocycles. The molecule has 1 aromatic carbocycles. The predicted molar refractivity (Wildman–Crippen MR) is 76.3 cm³/mol. The molecule has 2 atom stereocenters. The van der Waals surface area contributed by atoms with Crippen LogP contribution in [0.4, 0.5) is 0 Å². The van der Waals surface area contributed by atoms with Crippen LogP contribution in [0.1, 0.15) is 24.5 Å². The summed E-state index contributed by atoms with van der Waals surface area (Å²) in [4.78, 5) is 0.933. The van der Waals surface area contributed by atoms with Crippen molar-refractivity contribution in [3.63, 3.8) is 0 Å². The maximum absolute atomic E-state index is 12.3. The Labute approximate surface area is 112 Å². The molecule has 0 fully saturated rings. The Balaban J connectivity index is 2.62. The van der Waals surface area contributed by atoms with Crippen LogP contribution in [0.15, 0.2) is 23.1 Å². The fourth-order valence-corrected chi connectivity index (χ4v) is 3.25. The first kappa shape index (κ1) is 15.3. The molecule has 3 nitrogen and oxygen atoms in total. The summed E-state index contributed by atoms with van der Waals surface area (Å²) in [5.41, 5.74) is 7.84. The van der Waals surface area contributed by atoms with Gasteiger partial charge >= 0.3 is 0 Å². The summed E-state index contributed by atoms with van der Waals surface area (Å²) in [6.45, 7) is 7.10. The van der Waals surface area contributed by atoms with E-state index >= 15 is 0 Å². The molecule has 102 valence electrons. The highest BCUT2D eigenvalue weighted by molar-refractivity contribution is 7.85. The first-order valence-corrected chi connectivity index (χ1v) is 7.67. The minimum Gasteiger partial charge on any atom is -0.377 e. The first-order valence-electron chi connectivity index (χ1n) is 6.35. The molecule has 0 bridgehead atoms. The molecule has 18 heavy (non-hydrogen) atoms. The molecular formula is C14H23NO2S. The van der Waals surface area contributed by atoms with Crippen molar-refractivity contribution in [2.75, 3.05) is 18.9 Å². The van der Waals surface area contributed by atoms with Crippen LogP contribution in [0.3, 0.4) is 0 Å². The van der Waals surface area contributed by atoms with E-state index in [0.717, 1.165) is 22.4 Å². The largest absolute Gasteiger partial charge is 0.377 e. The van der Waals surface area contributed by atoms with Gasteiger partial charge in [-0.25, -0.2) is 0 Å². The molecule has 0 aliphatic carbocycles. The molecule has 0 radical (unpaired) electrons. The minimum atomic E-state index is -0.967. The van der Waals surface area contributed by atoms with E-state index in [1.807, 2.05) is 39.0 Å². The topological polar surface area (TPSA) is 52.3 Å². The van der Waals surface area contributed by atoms with Crippen molar-refractivity contribution in [2.24, 2.45) is 5.73 Å². The number of rotatable bonds is 7. The van der Waals surface area contributed by atoms with E-state index in [1.54, 1.807) is 0 Å². The summed E-state index contributed by atoms with van der Waals surface area (Å²) in [6.07, 6.45) is 0.758. The van der Waals surface area contributed by atoms with Gasteiger partial charge in [0, 0.05) is 23.8 Å². The zero-order chi connectivity index (χ0) is 13.5. The van der Waals surface area contributed by atoms with E-state index < -0.39 is 10.8 Å². The molecule has 2 N–H and O–H groups in total. The molecule has 2 unspecified atom stereocenters. The molecular weight excluding hydrogens is 246 g/mol. The molecule has 0 aliphatic heterocycles. The van der Waals surface area contributed by atoms with Gasteiger partial charge < -0.3 is 10.5 Å². The fraction of sp³-hybridized carbons (Fsp3) is 0.571. The smallest absolute Gasteiger partial charge is 0.0706 e. The Kier molecular flexibility index (Phi) is 6.54. The van der Waals surface area contributed by atoms with E-state index in [2.05, 4.69) is 0 Å².